The number of halogens is 1. The maximum absolute atomic E-state index is 13.1. The molecule has 1 aliphatic heterocycles. The van der Waals surface area contributed by atoms with Crippen LogP contribution in [0.2, 0.25) is 0 Å². The van der Waals surface area contributed by atoms with Crippen LogP contribution in [-0.2, 0) is 9.59 Å². The summed E-state index contributed by atoms with van der Waals surface area (Å²) in [5, 5.41) is 11.1. The number of amides is 1. The quantitative estimate of drug-likeness (QED) is 0.222. The van der Waals surface area contributed by atoms with Gasteiger partial charge in [0.2, 0.25) is 0 Å². The first-order chi connectivity index (χ1) is 16.5. The van der Waals surface area contributed by atoms with E-state index in [1.54, 1.807) is 47.5 Å². The standard InChI is InChI=1S/C27H34BrN3O3/c1-3-5-16-30(17-6-4-2)18-9-19-31-24(22-10-7-8-15-29-22)23(26(33)27(31)34)25(32)20-11-13-21(28)14-12-20/h7-8,10-15,24,32H,3-6,9,16-19H2,1-2H3/t24-/m1/s1. The zero-order valence-electron chi connectivity index (χ0n) is 20.0. The van der Waals surface area contributed by atoms with E-state index in [0.29, 0.717) is 17.8 Å². The number of hydrogen-bond donors (Lipinski definition) is 1. The van der Waals surface area contributed by atoms with E-state index in [2.05, 4.69) is 39.7 Å². The van der Waals surface area contributed by atoms with Crippen molar-refractivity contribution in [2.75, 3.05) is 26.2 Å². The summed E-state index contributed by atoms with van der Waals surface area (Å²) < 4.78 is 0.862. The van der Waals surface area contributed by atoms with Crippen molar-refractivity contribution in [2.24, 2.45) is 0 Å². The Labute approximate surface area is 210 Å². The number of aliphatic hydroxyl groups excluding tert-OH is 1. The highest BCUT2D eigenvalue weighted by atomic mass is 79.9. The fraction of sp³-hybridized carbons (Fsp3) is 0.444. The Morgan fingerprint density at radius 3 is 2.24 bits per heavy atom. The number of benzene rings is 1. The van der Waals surface area contributed by atoms with Crippen molar-refractivity contribution in [1.29, 1.82) is 0 Å². The van der Waals surface area contributed by atoms with Crippen molar-refractivity contribution >= 4 is 33.4 Å². The zero-order chi connectivity index (χ0) is 24.5. The van der Waals surface area contributed by atoms with Crippen LogP contribution < -0.4 is 0 Å². The van der Waals surface area contributed by atoms with Gasteiger partial charge in [0.15, 0.2) is 0 Å². The largest absolute Gasteiger partial charge is 0.507 e. The van der Waals surface area contributed by atoms with Gasteiger partial charge in [-0.25, -0.2) is 0 Å². The molecule has 0 unspecified atom stereocenters. The number of ketones is 1. The van der Waals surface area contributed by atoms with Crippen LogP contribution in [0.3, 0.4) is 0 Å². The molecule has 0 aliphatic carbocycles. The first-order valence-corrected chi connectivity index (χ1v) is 12.9. The van der Waals surface area contributed by atoms with Crippen LogP contribution >= 0.6 is 15.9 Å². The molecule has 1 saturated heterocycles. The molecule has 1 aromatic carbocycles. The van der Waals surface area contributed by atoms with Crippen LogP contribution in [0.15, 0.2) is 58.7 Å². The number of likely N-dealkylation sites (tertiary alicyclic amines) is 1. The van der Waals surface area contributed by atoms with Crippen LogP contribution in [-0.4, -0.2) is 57.8 Å². The van der Waals surface area contributed by atoms with E-state index in [1.165, 1.54) is 0 Å². The van der Waals surface area contributed by atoms with Gasteiger partial charge in [0.05, 0.1) is 11.3 Å². The molecule has 0 bridgehead atoms. The minimum absolute atomic E-state index is 0.0971. The molecule has 1 amide bonds. The lowest BCUT2D eigenvalue weighted by atomic mass is 9.98. The average molecular weight is 528 g/mol. The minimum Gasteiger partial charge on any atom is -0.507 e. The van der Waals surface area contributed by atoms with Crippen molar-refractivity contribution < 1.29 is 14.7 Å². The van der Waals surface area contributed by atoms with E-state index < -0.39 is 17.7 Å². The molecule has 1 atom stereocenters. The molecule has 0 radical (unpaired) electrons. The summed E-state index contributed by atoms with van der Waals surface area (Å²) in [6.45, 7) is 7.76. The normalized spacial score (nSPS) is 17.6. The number of hydrogen-bond acceptors (Lipinski definition) is 5. The molecule has 0 spiro atoms. The Morgan fingerprint density at radius 2 is 1.65 bits per heavy atom. The lowest BCUT2D eigenvalue weighted by molar-refractivity contribution is -0.140. The van der Waals surface area contributed by atoms with Gasteiger partial charge in [0, 0.05) is 22.8 Å². The number of nitrogens with zero attached hydrogens (tertiary/aromatic N) is 3. The summed E-state index contributed by atoms with van der Waals surface area (Å²) in [4.78, 5) is 34.7. The van der Waals surface area contributed by atoms with Crippen LogP contribution in [0.5, 0.6) is 0 Å². The summed E-state index contributed by atoms with van der Waals surface area (Å²) in [6.07, 6.45) is 6.99. The Kier molecular flexibility index (Phi) is 9.84. The van der Waals surface area contributed by atoms with E-state index in [1.807, 2.05) is 6.07 Å². The topological polar surface area (TPSA) is 73.7 Å². The van der Waals surface area contributed by atoms with Crippen molar-refractivity contribution in [1.82, 2.24) is 14.8 Å². The Morgan fingerprint density at radius 1 is 1.00 bits per heavy atom. The van der Waals surface area contributed by atoms with Gasteiger partial charge in [-0.1, -0.05) is 60.8 Å². The van der Waals surface area contributed by atoms with E-state index in [-0.39, 0.29) is 11.3 Å². The summed E-state index contributed by atoms with van der Waals surface area (Å²) in [7, 11) is 0. The third kappa shape index (κ3) is 6.33. The number of rotatable bonds is 12. The average Bonchev–Trinajstić information content (AvgIpc) is 3.11. The third-order valence-corrected chi connectivity index (χ3v) is 6.68. The second-order valence-electron chi connectivity index (χ2n) is 8.66. The number of Topliss-reactive ketones (excluding diaryl/α,β-unsaturated/α-hetero) is 1. The summed E-state index contributed by atoms with van der Waals surface area (Å²) in [5.74, 6) is -1.41. The van der Waals surface area contributed by atoms with Crippen LogP contribution in [0.25, 0.3) is 5.76 Å². The third-order valence-electron chi connectivity index (χ3n) is 6.15. The molecule has 1 aromatic heterocycles. The molecule has 2 aromatic rings. The zero-order valence-corrected chi connectivity index (χ0v) is 21.6. The smallest absolute Gasteiger partial charge is 0.295 e. The lowest BCUT2D eigenvalue weighted by Gasteiger charge is -2.27. The summed E-state index contributed by atoms with van der Waals surface area (Å²) >= 11 is 3.39. The number of pyridine rings is 1. The maximum Gasteiger partial charge on any atom is 0.295 e. The summed E-state index contributed by atoms with van der Waals surface area (Å²) in [6, 6.07) is 11.8. The highest BCUT2D eigenvalue weighted by molar-refractivity contribution is 9.10. The number of unbranched alkanes of at least 4 members (excludes halogenated alkanes) is 2. The van der Waals surface area contributed by atoms with Gasteiger partial charge in [-0.3, -0.25) is 14.6 Å². The highest BCUT2D eigenvalue weighted by Crippen LogP contribution is 2.38. The molecule has 0 saturated carbocycles. The fourth-order valence-electron chi connectivity index (χ4n) is 4.28. The van der Waals surface area contributed by atoms with Gasteiger partial charge < -0.3 is 14.9 Å². The van der Waals surface area contributed by atoms with Crippen LogP contribution in [0, 0.1) is 0 Å². The van der Waals surface area contributed by atoms with Gasteiger partial charge in [-0.05, 0) is 63.2 Å². The first kappa shape index (κ1) is 26.1. The van der Waals surface area contributed by atoms with Crippen molar-refractivity contribution in [3.8, 4) is 0 Å². The second-order valence-corrected chi connectivity index (χ2v) is 9.57. The molecule has 1 aliphatic rings. The Balaban J connectivity index is 1.87. The molecule has 6 nitrogen and oxygen atoms in total. The molecular formula is C27H34BrN3O3. The van der Waals surface area contributed by atoms with E-state index in [9.17, 15) is 14.7 Å². The Bertz CT molecular complexity index is 984. The van der Waals surface area contributed by atoms with Crippen molar-refractivity contribution in [3.63, 3.8) is 0 Å². The fourth-order valence-corrected chi connectivity index (χ4v) is 4.55. The predicted octanol–water partition coefficient (Wildman–Crippen LogP) is 5.56. The molecule has 182 valence electrons. The van der Waals surface area contributed by atoms with E-state index >= 15 is 0 Å². The second kappa shape index (κ2) is 12.8. The van der Waals surface area contributed by atoms with Gasteiger partial charge >= 0.3 is 0 Å². The van der Waals surface area contributed by atoms with E-state index in [0.717, 1.165) is 56.2 Å². The lowest BCUT2D eigenvalue weighted by Crippen LogP contribution is -2.34. The molecule has 1 fully saturated rings. The van der Waals surface area contributed by atoms with E-state index in [4.69, 9.17) is 0 Å². The monoisotopic (exact) mass is 527 g/mol. The van der Waals surface area contributed by atoms with Gasteiger partial charge in [0.25, 0.3) is 11.7 Å². The SMILES string of the molecule is CCCCN(CCCC)CCCN1C(=O)C(=O)C(=C(O)c2ccc(Br)cc2)[C@H]1c1ccccn1. The number of aromatic nitrogens is 1. The summed E-state index contributed by atoms with van der Waals surface area (Å²) in [5.41, 5.74) is 1.17. The molecule has 34 heavy (non-hydrogen) atoms. The van der Waals surface area contributed by atoms with Gasteiger partial charge in [-0.2, -0.15) is 0 Å². The van der Waals surface area contributed by atoms with Crippen molar-refractivity contribution in [2.45, 2.75) is 52.0 Å². The number of carbonyl (C=O) groups is 2. The van der Waals surface area contributed by atoms with Gasteiger partial charge in [-0.15, -0.1) is 0 Å². The molecule has 1 N–H and O–H groups in total. The van der Waals surface area contributed by atoms with Crippen LogP contribution in [0.4, 0.5) is 0 Å². The number of carbonyl (C=O) groups excluding carboxylic acids is 2. The maximum atomic E-state index is 13.1. The molecule has 7 heteroatoms. The first-order valence-electron chi connectivity index (χ1n) is 12.2. The molecular weight excluding hydrogens is 494 g/mol. The van der Waals surface area contributed by atoms with Gasteiger partial charge in [0.1, 0.15) is 11.8 Å². The van der Waals surface area contributed by atoms with Crippen LogP contribution in [0.1, 0.15) is 63.3 Å². The highest BCUT2D eigenvalue weighted by Gasteiger charge is 2.46. The predicted molar refractivity (Wildman–Crippen MR) is 138 cm³/mol. The molecule has 3 rings (SSSR count). The molecule has 2 heterocycles. The van der Waals surface area contributed by atoms with Crippen molar-refractivity contribution in [3.05, 3.63) is 70.0 Å². The number of aliphatic hydroxyl groups is 1. The minimum atomic E-state index is -0.704. The Hall–Kier alpha value is -2.51.